The van der Waals surface area contributed by atoms with Crippen molar-refractivity contribution < 1.29 is 4.79 Å². The zero-order chi connectivity index (χ0) is 12.3. The number of carbonyl (C=O) groups excluding carboxylic acids is 1. The third-order valence-electron chi connectivity index (χ3n) is 2.70. The summed E-state index contributed by atoms with van der Waals surface area (Å²) in [4.78, 5) is 15.9. The van der Waals surface area contributed by atoms with Gasteiger partial charge >= 0.3 is 0 Å². The Morgan fingerprint density at radius 2 is 2.06 bits per heavy atom. The molecule has 0 atom stereocenters. The Hall–Kier alpha value is -1.33. The van der Waals surface area contributed by atoms with Gasteiger partial charge in [-0.25, -0.2) is 9.99 Å². The van der Waals surface area contributed by atoms with Crippen molar-refractivity contribution in [2.75, 3.05) is 18.8 Å². The predicted octanol–water partition coefficient (Wildman–Crippen LogP) is 1.45. The lowest BCUT2D eigenvalue weighted by Gasteiger charge is -2.26. The van der Waals surface area contributed by atoms with Gasteiger partial charge in [0.15, 0.2) is 5.69 Å². The van der Waals surface area contributed by atoms with E-state index in [1.807, 2.05) is 5.01 Å². The Labute approximate surface area is 105 Å². The molecule has 0 spiro atoms. The fraction of sp³-hybridized carbons (Fsp3) is 0.455. The number of piperidine rings is 1. The molecular weight excluding hydrogens is 240 g/mol. The highest BCUT2D eigenvalue weighted by Gasteiger charge is 2.17. The van der Waals surface area contributed by atoms with Gasteiger partial charge in [0.05, 0.1) is 5.02 Å². The molecule has 0 bridgehead atoms. The second-order valence-corrected chi connectivity index (χ2v) is 4.46. The minimum absolute atomic E-state index is 0.178. The van der Waals surface area contributed by atoms with Gasteiger partial charge in [-0.3, -0.25) is 10.2 Å². The lowest BCUT2D eigenvalue weighted by atomic mass is 10.2. The molecule has 0 aromatic carbocycles. The van der Waals surface area contributed by atoms with Gasteiger partial charge in [0.1, 0.15) is 5.82 Å². The number of halogens is 1. The van der Waals surface area contributed by atoms with E-state index in [9.17, 15) is 4.79 Å². The highest BCUT2D eigenvalue weighted by molar-refractivity contribution is 6.33. The summed E-state index contributed by atoms with van der Waals surface area (Å²) in [6, 6.07) is 3.15. The molecule has 1 aliphatic heterocycles. The van der Waals surface area contributed by atoms with Crippen LogP contribution in [0.1, 0.15) is 29.8 Å². The van der Waals surface area contributed by atoms with Crippen LogP contribution in [0, 0.1) is 0 Å². The van der Waals surface area contributed by atoms with E-state index in [-0.39, 0.29) is 17.4 Å². The number of hydrogen-bond acceptors (Lipinski definition) is 4. The lowest BCUT2D eigenvalue weighted by Crippen LogP contribution is -2.45. The van der Waals surface area contributed by atoms with Crippen LogP contribution >= 0.6 is 11.6 Å². The van der Waals surface area contributed by atoms with Crippen molar-refractivity contribution in [3.63, 3.8) is 0 Å². The van der Waals surface area contributed by atoms with E-state index < -0.39 is 0 Å². The predicted molar refractivity (Wildman–Crippen MR) is 66.5 cm³/mol. The molecule has 92 valence electrons. The van der Waals surface area contributed by atoms with Crippen molar-refractivity contribution in [1.29, 1.82) is 0 Å². The average Bonchev–Trinajstić information content (AvgIpc) is 2.33. The molecule has 0 aliphatic carbocycles. The molecule has 6 heteroatoms. The summed E-state index contributed by atoms with van der Waals surface area (Å²) in [5, 5.41) is 2.21. The first-order chi connectivity index (χ1) is 8.16. The van der Waals surface area contributed by atoms with Gasteiger partial charge in [0, 0.05) is 13.1 Å². The van der Waals surface area contributed by atoms with Gasteiger partial charge in [0.2, 0.25) is 0 Å². The zero-order valence-corrected chi connectivity index (χ0v) is 10.2. The van der Waals surface area contributed by atoms with Gasteiger partial charge in [-0.15, -0.1) is 0 Å². The summed E-state index contributed by atoms with van der Waals surface area (Å²) >= 11 is 5.91. The van der Waals surface area contributed by atoms with E-state index >= 15 is 0 Å². The number of anilines is 1. The summed E-state index contributed by atoms with van der Waals surface area (Å²) in [6.07, 6.45) is 3.40. The van der Waals surface area contributed by atoms with Crippen molar-refractivity contribution >= 4 is 23.3 Å². The first-order valence-electron chi connectivity index (χ1n) is 5.65. The van der Waals surface area contributed by atoms with Crippen molar-refractivity contribution in [2.45, 2.75) is 19.3 Å². The molecule has 5 nitrogen and oxygen atoms in total. The fourth-order valence-corrected chi connectivity index (χ4v) is 2.01. The highest BCUT2D eigenvalue weighted by Crippen LogP contribution is 2.15. The largest absolute Gasteiger partial charge is 0.384 e. The summed E-state index contributed by atoms with van der Waals surface area (Å²) in [6.45, 7) is 1.73. The molecule has 2 rings (SSSR count). The highest BCUT2D eigenvalue weighted by atomic mass is 35.5. The molecule has 1 amide bonds. The van der Waals surface area contributed by atoms with Crippen LogP contribution in [0.2, 0.25) is 5.02 Å². The monoisotopic (exact) mass is 254 g/mol. The van der Waals surface area contributed by atoms with Crippen molar-refractivity contribution in [2.24, 2.45) is 0 Å². The van der Waals surface area contributed by atoms with E-state index in [1.165, 1.54) is 6.42 Å². The number of nitrogens with one attached hydrogen (secondary N) is 1. The molecule has 17 heavy (non-hydrogen) atoms. The van der Waals surface area contributed by atoms with Crippen LogP contribution in [0.5, 0.6) is 0 Å². The molecule has 2 heterocycles. The topological polar surface area (TPSA) is 71.2 Å². The molecule has 1 fully saturated rings. The van der Waals surface area contributed by atoms with Gasteiger partial charge in [-0.1, -0.05) is 18.0 Å². The van der Waals surface area contributed by atoms with Crippen LogP contribution in [0.3, 0.4) is 0 Å². The van der Waals surface area contributed by atoms with E-state index in [4.69, 9.17) is 17.3 Å². The van der Waals surface area contributed by atoms with E-state index in [1.54, 1.807) is 12.1 Å². The standard InChI is InChI=1S/C11H15ClN4O/c12-8-4-5-9(13)14-10(8)11(17)15-16-6-2-1-3-7-16/h4-5H,1-3,6-7H2,(H2,13,14)(H,15,17). The number of pyridine rings is 1. The number of aromatic nitrogens is 1. The molecule has 1 saturated heterocycles. The van der Waals surface area contributed by atoms with Gasteiger partial charge in [-0.05, 0) is 25.0 Å². The Kier molecular flexibility index (Phi) is 3.81. The van der Waals surface area contributed by atoms with Crippen LogP contribution in [-0.2, 0) is 0 Å². The van der Waals surface area contributed by atoms with E-state index in [2.05, 4.69) is 10.4 Å². The Bertz CT molecular complexity index is 418. The second kappa shape index (κ2) is 5.33. The maximum Gasteiger partial charge on any atom is 0.285 e. The Morgan fingerprint density at radius 3 is 2.76 bits per heavy atom. The number of amides is 1. The number of hydrogen-bond donors (Lipinski definition) is 2. The molecule has 1 aliphatic rings. The summed E-state index contributed by atoms with van der Waals surface area (Å²) in [5.41, 5.74) is 8.51. The summed E-state index contributed by atoms with van der Waals surface area (Å²) in [7, 11) is 0. The van der Waals surface area contributed by atoms with Crippen molar-refractivity contribution in [3.05, 3.63) is 22.8 Å². The number of nitrogen functional groups attached to an aromatic ring is 1. The fourth-order valence-electron chi connectivity index (χ4n) is 1.82. The molecule has 1 aromatic heterocycles. The van der Waals surface area contributed by atoms with E-state index in [0.29, 0.717) is 5.02 Å². The normalized spacial score (nSPS) is 16.8. The number of hydrazine groups is 1. The van der Waals surface area contributed by atoms with Crippen molar-refractivity contribution in [1.82, 2.24) is 15.4 Å². The maximum atomic E-state index is 11.9. The van der Waals surface area contributed by atoms with Crippen LogP contribution < -0.4 is 11.2 Å². The van der Waals surface area contributed by atoms with Gasteiger partial charge < -0.3 is 5.73 Å². The minimum Gasteiger partial charge on any atom is -0.384 e. The Morgan fingerprint density at radius 1 is 1.35 bits per heavy atom. The third kappa shape index (κ3) is 3.08. The van der Waals surface area contributed by atoms with Crippen LogP contribution in [-0.4, -0.2) is 29.0 Å². The average molecular weight is 255 g/mol. The number of rotatable bonds is 2. The second-order valence-electron chi connectivity index (χ2n) is 4.06. The molecule has 0 unspecified atom stereocenters. The van der Waals surface area contributed by atoms with Crippen LogP contribution in [0.4, 0.5) is 5.82 Å². The number of nitrogens with two attached hydrogens (primary N) is 1. The molecule has 3 N–H and O–H groups in total. The quantitative estimate of drug-likeness (QED) is 0.838. The van der Waals surface area contributed by atoms with Gasteiger partial charge in [-0.2, -0.15) is 0 Å². The van der Waals surface area contributed by atoms with E-state index in [0.717, 1.165) is 25.9 Å². The first-order valence-corrected chi connectivity index (χ1v) is 6.02. The van der Waals surface area contributed by atoms with Crippen LogP contribution in [0.15, 0.2) is 12.1 Å². The number of carbonyl (C=O) groups is 1. The van der Waals surface area contributed by atoms with Gasteiger partial charge in [0.25, 0.3) is 5.91 Å². The molecular formula is C11H15ClN4O. The SMILES string of the molecule is Nc1ccc(Cl)c(C(=O)NN2CCCCC2)n1. The smallest absolute Gasteiger partial charge is 0.285 e. The minimum atomic E-state index is -0.302. The molecule has 0 saturated carbocycles. The van der Waals surface area contributed by atoms with Crippen molar-refractivity contribution in [3.8, 4) is 0 Å². The molecule has 1 aromatic rings. The third-order valence-corrected chi connectivity index (χ3v) is 3.00. The summed E-state index contributed by atoms with van der Waals surface area (Å²) < 4.78 is 0. The van der Waals surface area contributed by atoms with Crippen LogP contribution in [0.25, 0.3) is 0 Å². The maximum absolute atomic E-state index is 11.9. The molecule has 0 radical (unpaired) electrons. The summed E-state index contributed by atoms with van der Waals surface area (Å²) in [5.74, 6) is -0.0117. The lowest BCUT2D eigenvalue weighted by molar-refractivity contribution is 0.0745. The number of nitrogens with zero attached hydrogens (tertiary/aromatic N) is 2. The first kappa shape index (κ1) is 12.1. The zero-order valence-electron chi connectivity index (χ0n) is 9.45. The Balaban J connectivity index is 2.05.